The van der Waals surface area contributed by atoms with Gasteiger partial charge < -0.3 is 5.32 Å². The van der Waals surface area contributed by atoms with Gasteiger partial charge in [0.15, 0.2) is 0 Å². The van der Waals surface area contributed by atoms with Gasteiger partial charge in [0.05, 0.1) is 11.6 Å². The number of carbonyl (C=O) groups is 1. The van der Waals surface area contributed by atoms with Crippen LogP contribution in [0.15, 0.2) is 11.4 Å². The van der Waals surface area contributed by atoms with Crippen LogP contribution in [0.25, 0.3) is 0 Å². The van der Waals surface area contributed by atoms with Crippen LogP contribution >= 0.6 is 34.5 Å². The third-order valence-corrected chi connectivity index (χ3v) is 2.89. The van der Waals surface area contributed by atoms with Crippen LogP contribution in [0.1, 0.15) is 4.88 Å². The minimum absolute atomic E-state index is 0.0109. The maximum absolute atomic E-state index is 10.7. The number of rotatable bonds is 3. The number of halogens is 2. The molecule has 2 nitrogen and oxygen atoms in total. The zero-order chi connectivity index (χ0) is 8.97. The van der Waals surface area contributed by atoms with Crippen molar-refractivity contribution >= 4 is 40.4 Å². The van der Waals surface area contributed by atoms with Crippen molar-refractivity contribution in [2.45, 2.75) is 6.54 Å². The summed E-state index contributed by atoms with van der Waals surface area (Å²) in [4.78, 5) is 11.7. The molecule has 0 saturated carbocycles. The molecule has 12 heavy (non-hydrogen) atoms. The molecule has 0 radical (unpaired) electrons. The summed E-state index contributed by atoms with van der Waals surface area (Å²) in [6, 6.07) is 1.80. The van der Waals surface area contributed by atoms with Crippen molar-refractivity contribution in [2.24, 2.45) is 0 Å². The zero-order valence-corrected chi connectivity index (χ0v) is 8.47. The second kappa shape index (κ2) is 4.70. The highest BCUT2D eigenvalue weighted by molar-refractivity contribution is 7.10. The average molecular weight is 224 g/mol. The number of hydrogen-bond donors (Lipinski definition) is 1. The molecular weight excluding hydrogens is 217 g/mol. The minimum Gasteiger partial charge on any atom is -0.350 e. The quantitative estimate of drug-likeness (QED) is 0.784. The minimum atomic E-state index is -0.180. The fourth-order valence-corrected chi connectivity index (χ4v) is 1.81. The van der Waals surface area contributed by atoms with Gasteiger partial charge in [-0.3, -0.25) is 4.79 Å². The molecule has 1 aromatic rings. The molecule has 0 fully saturated rings. The second-order valence-corrected chi connectivity index (χ2v) is 3.78. The van der Waals surface area contributed by atoms with Gasteiger partial charge in [0.25, 0.3) is 0 Å². The van der Waals surface area contributed by atoms with Gasteiger partial charge in [-0.25, -0.2) is 0 Å². The van der Waals surface area contributed by atoms with Crippen molar-refractivity contribution in [1.82, 2.24) is 5.32 Å². The average Bonchev–Trinajstić information content (AvgIpc) is 2.47. The van der Waals surface area contributed by atoms with E-state index in [1.165, 1.54) is 11.3 Å². The van der Waals surface area contributed by atoms with E-state index in [-0.39, 0.29) is 11.8 Å². The molecule has 0 aromatic carbocycles. The third-order valence-electron chi connectivity index (χ3n) is 1.26. The maximum Gasteiger partial charge on any atom is 0.235 e. The molecule has 0 atom stereocenters. The normalized spacial score (nSPS) is 9.83. The van der Waals surface area contributed by atoms with E-state index in [1.807, 2.05) is 5.38 Å². The second-order valence-electron chi connectivity index (χ2n) is 2.10. The van der Waals surface area contributed by atoms with Gasteiger partial charge in [-0.2, -0.15) is 0 Å². The van der Waals surface area contributed by atoms with Crippen molar-refractivity contribution < 1.29 is 4.79 Å². The van der Waals surface area contributed by atoms with E-state index >= 15 is 0 Å². The van der Waals surface area contributed by atoms with Crippen LogP contribution in [0.4, 0.5) is 0 Å². The third kappa shape index (κ3) is 2.66. The standard InChI is InChI=1S/C7H7Cl2NOS/c8-3-7(11)10-4-6-5(9)1-2-12-6/h1-2H,3-4H2,(H,10,11). The van der Waals surface area contributed by atoms with E-state index in [2.05, 4.69) is 5.32 Å². The molecule has 0 saturated heterocycles. The number of alkyl halides is 1. The summed E-state index contributed by atoms with van der Waals surface area (Å²) in [5.74, 6) is -0.190. The van der Waals surface area contributed by atoms with Crippen LogP contribution in [0.5, 0.6) is 0 Å². The number of thiophene rings is 1. The molecule has 0 bridgehead atoms. The maximum atomic E-state index is 10.7. The van der Waals surface area contributed by atoms with Crippen LogP contribution in [0.2, 0.25) is 5.02 Å². The lowest BCUT2D eigenvalue weighted by molar-refractivity contribution is -0.118. The predicted molar refractivity (Wildman–Crippen MR) is 51.9 cm³/mol. The van der Waals surface area contributed by atoms with E-state index in [0.717, 1.165) is 4.88 Å². The van der Waals surface area contributed by atoms with Crippen molar-refractivity contribution in [3.63, 3.8) is 0 Å². The van der Waals surface area contributed by atoms with Gasteiger partial charge in [0.2, 0.25) is 5.91 Å². The molecule has 1 heterocycles. The highest BCUT2D eigenvalue weighted by Gasteiger charge is 2.03. The van der Waals surface area contributed by atoms with E-state index in [0.29, 0.717) is 11.6 Å². The Labute approximate surface area is 84.5 Å². The molecule has 0 aliphatic carbocycles. The fraction of sp³-hybridized carbons (Fsp3) is 0.286. The number of nitrogens with one attached hydrogen (secondary N) is 1. The van der Waals surface area contributed by atoms with Gasteiger partial charge in [-0.1, -0.05) is 11.6 Å². The van der Waals surface area contributed by atoms with Crippen molar-refractivity contribution in [3.05, 3.63) is 21.3 Å². The summed E-state index contributed by atoms with van der Waals surface area (Å²) in [5, 5.41) is 5.20. The van der Waals surface area contributed by atoms with Crippen LogP contribution in [-0.2, 0) is 11.3 Å². The molecule has 1 amide bonds. The van der Waals surface area contributed by atoms with Gasteiger partial charge >= 0.3 is 0 Å². The summed E-state index contributed by atoms with van der Waals surface area (Å²) in [6.07, 6.45) is 0. The van der Waals surface area contributed by atoms with Gasteiger partial charge in [-0.05, 0) is 11.4 Å². The van der Waals surface area contributed by atoms with E-state index in [4.69, 9.17) is 23.2 Å². The van der Waals surface area contributed by atoms with Crippen molar-refractivity contribution in [1.29, 1.82) is 0 Å². The Hall–Kier alpha value is -0.250. The van der Waals surface area contributed by atoms with Crippen molar-refractivity contribution in [2.75, 3.05) is 5.88 Å². The largest absolute Gasteiger partial charge is 0.350 e. The Morgan fingerprint density at radius 2 is 2.42 bits per heavy atom. The Morgan fingerprint density at radius 1 is 1.67 bits per heavy atom. The van der Waals surface area contributed by atoms with Crippen molar-refractivity contribution in [3.8, 4) is 0 Å². The van der Waals surface area contributed by atoms with E-state index in [1.54, 1.807) is 6.07 Å². The number of hydrogen-bond acceptors (Lipinski definition) is 2. The summed E-state index contributed by atoms with van der Waals surface area (Å²) < 4.78 is 0. The molecule has 66 valence electrons. The topological polar surface area (TPSA) is 29.1 Å². The van der Waals surface area contributed by atoms with Crippen LogP contribution in [-0.4, -0.2) is 11.8 Å². The highest BCUT2D eigenvalue weighted by Crippen LogP contribution is 2.21. The summed E-state index contributed by atoms with van der Waals surface area (Å²) >= 11 is 12.6. The molecule has 1 N–H and O–H groups in total. The molecule has 0 spiro atoms. The first kappa shape index (κ1) is 9.84. The number of carbonyl (C=O) groups excluding carboxylic acids is 1. The lowest BCUT2D eigenvalue weighted by Gasteiger charge is -1.99. The Balaban J connectivity index is 2.43. The first-order valence-electron chi connectivity index (χ1n) is 3.28. The zero-order valence-electron chi connectivity index (χ0n) is 6.14. The predicted octanol–water partition coefficient (Wildman–Crippen LogP) is 2.26. The molecule has 0 aliphatic heterocycles. The van der Waals surface area contributed by atoms with Gasteiger partial charge in [0.1, 0.15) is 5.88 Å². The summed E-state index contributed by atoms with van der Waals surface area (Å²) in [7, 11) is 0. The van der Waals surface area contributed by atoms with Crippen LogP contribution in [0, 0.1) is 0 Å². The van der Waals surface area contributed by atoms with E-state index < -0.39 is 0 Å². The monoisotopic (exact) mass is 223 g/mol. The molecule has 1 rings (SSSR count). The first-order chi connectivity index (χ1) is 5.74. The van der Waals surface area contributed by atoms with Gasteiger partial charge in [0, 0.05) is 4.88 Å². The highest BCUT2D eigenvalue weighted by atomic mass is 35.5. The van der Waals surface area contributed by atoms with Crippen LogP contribution in [0.3, 0.4) is 0 Å². The Bertz CT molecular complexity index is 274. The SMILES string of the molecule is O=C(CCl)NCc1sccc1Cl. The summed E-state index contributed by atoms with van der Waals surface area (Å²) in [6.45, 7) is 0.460. The molecule has 5 heteroatoms. The lowest BCUT2D eigenvalue weighted by Crippen LogP contribution is -2.23. The molecule has 1 aromatic heterocycles. The van der Waals surface area contributed by atoms with Gasteiger partial charge in [-0.15, -0.1) is 22.9 Å². The fourth-order valence-electron chi connectivity index (χ4n) is 0.677. The first-order valence-corrected chi connectivity index (χ1v) is 5.08. The molecule has 0 unspecified atom stereocenters. The molecule has 0 aliphatic rings. The Kier molecular flexibility index (Phi) is 3.85. The Morgan fingerprint density at radius 3 is 2.92 bits per heavy atom. The molecular formula is C7H7Cl2NOS. The summed E-state index contributed by atoms with van der Waals surface area (Å²) in [5.41, 5.74) is 0. The van der Waals surface area contributed by atoms with E-state index in [9.17, 15) is 4.79 Å². The lowest BCUT2D eigenvalue weighted by atomic mass is 10.4. The smallest absolute Gasteiger partial charge is 0.235 e. The van der Waals surface area contributed by atoms with Crippen LogP contribution < -0.4 is 5.32 Å². The number of amides is 1.